The van der Waals surface area contributed by atoms with Gasteiger partial charge >= 0.3 is 0 Å². The molecule has 3 heteroatoms. The van der Waals surface area contributed by atoms with Crippen LogP contribution in [0.2, 0.25) is 0 Å². The predicted molar refractivity (Wildman–Crippen MR) is 58.4 cm³/mol. The fourth-order valence-corrected chi connectivity index (χ4v) is 1.25. The van der Waals surface area contributed by atoms with Crippen LogP contribution in [0, 0.1) is 0 Å². The van der Waals surface area contributed by atoms with Crippen LogP contribution in [0.3, 0.4) is 0 Å². The Labute approximate surface area is 75.6 Å². The van der Waals surface area contributed by atoms with Crippen molar-refractivity contribution in [3.63, 3.8) is 0 Å². The fourth-order valence-electron chi connectivity index (χ4n) is 0.699. The quantitative estimate of drug-likeness (QED) is 0.699. The van der Waals surface area contributed by atoms with Gasteiger partial charge in [0.1, 0.15) is 0 Å². The van der Waals surface area contributed by atoms with E-state index in [1.807, 2.05) is 24.5 Å². The number of nitrogens with one attached hydrogen (secondary N) is 1. The first-order valence-corrected chi connectivity index (χ1v) is 6.61. The van der Waals surface area contributed by atoms with Gasteiger partial charge in [0.15, 0.2) is 0 Å². The molecule has 0 aliphatic carbocycles. The number of nitrogens with zero attached hydrogens (tertiary/aromatic N) is 1. The highest BCUT2D eigenvalue weighted by Crippen LogP contribution is 2.40. The first kappa shape index (κ1) is 9.39. The van der Waals surface area contributed by atoms with Gasteiger partial charge in [0, 0.05) is 6.20 Å². The maximum absolute atomic E-state index is 4.54. The normalized spacial score (nSPS) is 13.9. The molecule has 0 aromatic carbocycles. The van der Waals surface area contributed by atoms with E-state index >= 15 is 0 Å². The lowest BCUT2D eigenvalue weighted by Gasteiger charge is -2.22. The topological polar surface area (TPSA) is 28.1 Å². The van der Waals surface area contributed by atoms with Gasteiger partial charge in [-0.2, -0.15) is 10.2 Å². The summed E-state index contributed by atoms with van der Waals surface area (Å²) in [5.41, 5.74) is 1.09. The van der Waals surface area contributed by atoms with E-state index in [0.717, 1.165) is 11.4 Å². The molecule has 0 saturated carbocycles. The van der Waals surface area contributed by atoms with Gasteiger partial charge in [-0.25, -0.2) is 4.40 Å². The van der Waals surface area contributed by atoms with Crippen LogP contribution in [0.5, 0.6) is 0 Å². The zero-order valence-corrected chi connectivity index (χ0v) is 8.69. The lowest BCUT2D eigenvalue weighted by atomic mass is 10.5. The van der Waals surface area contributed by atoms with Gasteiger partial charge < -0.3 is 4.98 Å². The summed E-state index contributed by atoms with van der Waals surface area (Å²) >= 11 is 0. The van der Waals surface area contributed by atoms with Crippen molar-refractivity contribution in [3.05, 3.63) is 24.0 Å². The molecule has 12 heavy (non-hydrogen) atoms. The molecule has 0 aliphatic heterocycles. The molecule has 2 nitrogen and oxygen atoms in total. The first-order chi connectivity index (χ1) is 5.64. The number of H-pyrrole nitrogens is 1. The van der Waals surface area contributed by atoms with E-state index in [1.54, 1.807) is 0 Å². The minimum Gasteiger partial charge on any atom is -0.360 e. The van der Waals surface area contributed by atoms with Crippen molar-refractivity contribution >= 4 is 16.4 Å². The van der Waals surface area contributed by atoms with Gasteiger partial charge in [0.05, 0.1) is 11.9 Å². The zero-order valence-electron chi connectivity index (χ0n) is 7.87. The van der Waals surface area contributed by atoms with E-state index in [0.29, 0.717) is 0 Å². The SMILES string of the molecule is CCS(C)(C)N=Cc1ccc[nH]1. The van der Waals surface area contributed by atoms with E-state index < -0.39 is 10.2 Å². The minimum absolute atomic E-state index is 0.746. The van der Waals surface area contributed by atoms with Crippen LogP contribution in [-0.4, -0.2) is 29.5 Å². The van der Waals surface area contributed by atoms with Crippen molar-refractivity contribution in [1.29, 1.82) is 0 Å². The molecule has 1 rings (SSSR count). The average Bonchev–Trinajstić information content (AvgIpc) is 2.53. The van der Waals surface area contributed by atoms with Gasteiger partial charge in [-0.05, 0) is 30.4 Å². The molecule has 1 N–H and O–H groups in total. The van der Waals surface area contributed by atoms with E-state index in [-0.39, 0.29) is 0 Å². The third-order valence-corrected chi connectivity index (χ3v) is 3.89. The van der Waals surface area contributed by atoms with E-state index in [9.17, 15) is 0 Å². The molecule has 0 radical (unpaired) electrons. The molecular formula is C9H16N2S. The Morgan fingerprint density at radius 1 is 1.58 bits per heavy atom. The number of rotatable bonds is 3. The maximum atomic E-state index is 4.54. The summed E-state index contributed by atoms with van der Waals surface area (Å²) < 4.78 is 4.54. The summed E-state index contributed by atoms with van der Waals surface area (Å²) in [6.45, 7) is 2.18. The Balaban J connectivity index is 2.62. The minimum atomic E-state index is -0.746. The Kier molecular flexibility index (Phi) is 2.98. The largest absolute Gasteiger partial charge is 0.360 e. The van der Waals surface area contributed by atoms with Crippen LogP contribution in [0.25, 0.3) is 0 Å². The summed E-state index contributed by atoms with van der Waals surface area (Å²) in [6.07, 6.45) is 8.27. The molecule has 0 saturated heterocycles. The molecule has 68 valence electrons. The molecule has 1 aromatic rings. The van der Waals surface area contributed by atoms with Crippen molar-refractivity contribution in [2.75, 3.05) is 18.3 Å². The van der Waals surface area contributed by atoms with Crippen LogP contribution in [0.15, 0.2) is 22.7 Å². The molecule has 1 aromatic heterocycles. The number of aromatic amines is 1. The first-order valence-electron chi connectivity index (χ1n) is 4.04. The molecular weight excluding hydrogens is 168 g/mol. The standard InChI is InChI=1S/C9H16N2S/c1-4-12(2,3)11-8-9-6-5-7-10-9/h5-8,10H,4H2,1-3H3. The van der Waals surface area contributed by atoms with Crippen molar-refractivity contribution in [1.82, 2.24) is 4.98 Å². The van der Waals surface area contributed by atoms with Crippen LogP contribution in [-0.2, 0) is 0 Å². The Hall–Kier alpha value is -0.700. The monoisotopic (exact) mass is 184 g/mol. The number of hydrogen-bond acceptors (Lipinski definition) is 1. The zero-order chi connectivity index (χ0) is 9.03. The van der Waals surface area contributed by atoms with E-state index in [1.165, 1.54) is 0 Å². The second-order valence-corrected chi connectivity index (χ2v) is 6.88. The summed E-state index contributed by atoms with van der Waals surface area (Å²) in [7, 11) is -0.746. The molecule has 0 atom stereocenters. The third-order valence-electron chi connectivity index (χ3n) is 1.81. The lowest BCUT2D eigenvalue weighted by molar-refractivity contribution is 1.38. The number of hydrogen-bond donors (Lipinski definition) is 1. The van der Waals surface area contributed by atoms with Crippen molar-refractivity contribution in [2.45, 2.75) is 6.92 Å². The second kappa shape index (κ2) is 3.81. The van der Waals surface area contributed by atoms with Crippen LogP contribution >= 0.6 is 10.2 Å². The van der Waals surface area contributed by atoms with Crippen LogP contribution < -0.4 is 0 Å². The van der Waals surface area contributed by atoms with Gasteiger partial charge in [-0.1, -0.05) is 6.92 Å². The van der Waals surface area contributed by atoms with Gasteiger partial charge in [0.2, 0.25) is 0 Å². The van der Waals surface area contributed by atoms with Crippen LogP contribution in [0.4, 0.5) is 0 Å². The predicted octanol–water partition coefficient (Wildman–Crippen LogP) is 2.43. The van der Waals surface area contributed by atoms with Gasteiger partial charge in [-0.3, -0.25) is 0 Å². The Morgan fingerprint density at radius 3 is 2.83 bits per heavy atom. The Bertz CT molecular complexity index is 250. The highest BCUT2D eigenvalue weighted by Gasteiger charge is 2.03. The molecule has 0 bridgehead atoms. The van der Waals surface area contributed by atoms with E-state index in [4.69, 9.17) is 0 Å². The smallest absolute Gasteiger partial charge is 0.0572 e. The summed E-state index contributed by atoms with van der Waals surface area (Å²) in [5, 5.41) is 0. The van der Waals surface area contributed by atoms with E-state index in [2.05, 4.69) is 28.8 Å². The second-order valence-electron chi connectivity index (χ2n) is 3.13. The average molecular weight is 184 g/mol. The molecule has 0 aliphatic rings. The highest BCUT2D eigenvalue weighted by molar-refractivity contribution is 8.31. The summed E-state index contributed by atoms with van der Waals surface area (Å²) in [6, 6.07) is 4.00. The highest BCUT2D eigenvalue weighted by atomic mass is 32.3. The molecule has 0 amide bonds. The summed E-state index contributed by atoms with van der Waals surface area (Å²) in [5.74, 6) is 1.14. The van der Waals surface area contributed by atoms with Gasteiger partial charge in [0.25, 0.3) is 0 Å². The molecule has 0 unspecified atom stereocenters. The fraction of sp³-hybridized carbons (Fsp3) is 0.444. The number of aromatic nitrogens is 1. The van der Waals surface area contributed by atoms with Crippen LogP contribution in [0.1, 0.15) is 12.6 Å². The van der Waals surface area contributed by atoms with Crippen molar-refractivity contribution in [2.24, 2.45) is 4.40 Å². The molecule has 0 fully saturated rings. The Morgan fingerprint density at radius 2 is 2.33 bits per heavy atom. The molecule has 1 heterocycles. The summed E-state index contributed by atoms with van der Waals surface area (Å²) in [4.78, 5) is 3.10. The van der Waals surface area contributed by atoms with Crippen molar-refractivity contribution in [3.8, 4) is 0 Å². The lowest BCUT2D eigenvalue weighted by Crippen LogP contribution is -1.94. The van der Waals surface area contributed by atoms with Gasteiger partial charge in [-0.15, -0.1) is 0 Å². The molecule has 0 spiro atoms. The third kappa shape index (κ3) is 2.74. The maximum Gasteiger partial charge on any atom is 0.0572 e. The van der Waals surface area contributed by atoms with Crippen molar-refractivity contribution < 1.29 is 0 Å².